The number of benzene rings is 2. The van der Waals surface area contributed by atoms with Crippen molar-refractivity contribution < 1.29 is 4.79 Å². The van der Waals surface area contributed by atoms with E-state index in [0.29, 0.717) is 6.42 Å². The Morgan fingerprint density at radius 2 is 1.95 bits per heavy atom. The van der Waals surface area contributed by atoms with Crippen molar-refractivity contribution in [1.29, 1.82) is 0 Å². The van der Waals surface area contributed by atoms with Crippen molar-refractivity contribution in [3.8, 4) is 11.1 Å². The molecule has 0 aliphatic heterocycles. The second kappa shape index (κ2) is 4.97. The van der Waals surface area contributed by atoms with Gasteiger partial charge in [0.25, 0.3) is 0 Å². The molecule has 0 aliphatic carbocycles. The van der Waals surface area contributed by atoms with Crippen LogP contribution in [0.2, 0.25) is 0 Å². The molecule has 3 rings (SSSR count). The highest BCUT2D eigenvalue weighted by atomic mass is 16.1. The summed E-state index contributed by atoms with van der Waals surface area (Å²) >= 11 is 0. The zero-order chi connectivity index (χ0) is 14.1. The van der Waals surface area contributed by atoms with Crippen LogP contribution in [-0.4, -0.2) is 10.8 Å². The van der Waals surface area contributed by atoms with Crippen LogP contribution in [0.5, 0.6) is 0 Å². The number of carbonyl (C=O) groups is 1. The number of fused-ring (bicyclic) bond motifs is 1. The van der Waals surface area contributed by atoms with Gasteiger partial charge in [0.1, 0.15) is 0 Å². The Morgan fingerprint density at radius 1 is 1.15 bits per heavy atom. The van der Waals surface area contributed by atoms with Gasteiger partial charge < -0.3 is 4.98 Å². The van der Waals surface area contributed by atoms with E-state index < -0.39 is 0 Å². The van der Waals surface area contributed by atoms with Crippen molar-refractivity contribution in [2.45, 2.75) is 20.3 Å². The molecule has 2 heteroatoms. The molecule has 0 atom stereocenters. The first kappa shape index (κ1) is 12.7. The van der Waals surface area contributed by atoms with Gasteiger partial charge in [0, 0.05) is 34.6 Å². The maximum atomic E-state index is 11.8. The summed E-state index contributed by atoms with van der Waals surface area (Å²) in [5.74, 6) is 0.183. The lowest BCUT2D eigenvalue weighted by Gasteiger charge is -2.03. The Kier molecular flexibility index (Phi) is 3.15. The molecule has 0 unspecified atom stereocenters. The third-order valence-electron chi connectivity index (χ3n) is 3.74. The topological polar surface area (TPSA) is 32.9 Å². The van der Waals surface area contributed by atoms with Crippen LogP contribution in [0.25, 0.3) is 22.0 Å². The van der Waals surface area contributed by atoms with Crippen LogP contribution in [-0.2, 0) is 0 Å². The molecule has 20 heavy (non-hydrogen) atoms. The summed E-state index contributed by atoms with van der Waals surface area (Å²) in [5.41, 5.74) is 5.41. The van der Waals surface area contributed by atoms with Crippen LogP contribution >= 0.6 is 0 Å². The minimum atomic E-state index is 0.183. The lowest BCUT2D eigenvalue weighted by Crippen LogP contribution is -1.95. The fourth-order valence-corrected chi connectivity index (χ4v) is 2.61. The van der Waals surface area contributed by atoms with E-state index >= 15 is 0 Å². The van der Waals surface area contributed by atoms with E-state index in [4.69, 9.17) is 0 Å². The summed E-state index contributed by atoms with van der Waals surface area (Å²) < 4.78 is 0. The second-order valence-corrected chi connectivity index (χ2v) is 5.06. The third kappa shape index (κ3) is 2.03. The van der Waals surface area contributed by atoms with E-state index in [1.165, 1.54) is 10.9 Å². The summed E-state index contributed by atoms with van der Waals surface area (Å²) in [4.78, 5) is 15.2. The molecule has 3 aromatic rings. The van der Waals surface area contributed by atoms with Gasteiger partial charge in [0.05, 0.1) is 0 Å². The van der Waals surface area contributed by atoms with Gasteiger partial charge in [0.15, 0.2) is 5.78 Å². The van der Waals surface area contributed by atoms with Crippen LogP contribution in [0.1, 0.15) is 29.3 Å². The SMILES string of the molecule is CCC(=O)c1cccc(-c2c[nH]c3c(C)cccc23)c1. The lowest BCUT2D eigenvalue weighted by molar-refractivity contribution is 0.0988. The Morgan fingerprint density at radius 3 is 2.75 bits per heavy atom. The largest absolute Gasteiger partial charge is 0.360 e. The molecule has 1 N–H and O–H groups in total. The van der Waals surface area contributed by atoms with Gasteiger partial charge >= 0.3 is 0 Å². The number of rotatable bonds is 3. The first-order valence-corrected chi connectivity index (χ1v) is 6.91. The average molecular weight is 263 g/mol. The number of aryl methyl sites for hydroxylation is 1. The molecule has 0 bridgehead atoms. The van der Waals surface area contributed by atoms with Gasteiger partial charge in [-0.3, -0.25) is 4.79 Å². The molecular formula is C18H17NO. The van der Waals surface area contributed by atoms with Crippen LogP contribution < -0.4 is 0 Å². The van der Waals surface area contributed by atoms with Crippen molar-refractivity contribution in [3.05, 3.63) is 59.8 Å². The van der Waals surface area contributed by atoms with E-state index in [1.807, 2.05) is 31.3 Å². The highest BCUT2D eigenvalue weighted by Crippen LogP contribution is 2.30. The summed E-state index contributed by atoms with van der Waals surface area (Å²) in [6, 6.07) is 14.1. The number of hydrogen-bond donors (Lipinski definition) is 1. The first-order chi connectivity index (χ1) is 9.70. The molecule has 1 aromatic heterocycles. The molecule has 0 saturated heterocycles. The van der Waals surface area contributed by atoms with E-state index in [0.717, 1.165) is 22.2 Å². The Bertz CT molecular complexity index is 783. The zero-order valence-electron chi connectivity index (χ0n) is 11.7. The fraction of sp³-hybridized carbons (Fsp3) is 0.167. The van der Waals surface area contributed by atoms with Crippen molar-refractivity contribution in [2.75, 3.05) is 0 Å². The lowest BCUT2D eigenvalue weighted by atomic mass is 9.99. The Labute approximate surface area is 118 Å². The molecule has 0 fully saturated rings. The van der Waals surface area contributed by atoms with Gasteiger partial charge in [-0.15, -0.1) is 0 Å². The summed E-state index contributed by atoms with van der Waals surface area (Å²) in [7, 11) is 0. The standard InChI is InChI=1S/C18H17NO/c1-3-17(20)14-8-5-7-13(10-14)16-11-19-18-12(2)6-4-9-15(16)18/h4-11,19H,3H2,1-2H3. The van der Waals surface area contributed by atoms with Crippen LogP contribution in [0, 0.1) is 6.92 Å². The van der Waals surface area contributed by atoms with Crippen molar-refractivity contribution >= 4 is 16.7 Å². The number of Topliss-reactive ketones (excluding diaryl/α,β-unsaturated/α-hetero) is 1. The predicted octanol–water partition coefficient (Wildman–Crippen LogP) is 4.74. The summed E-state index contributed by atoms with van der Waals surface area (Å²) in [6.45, 7) is 3.99. The molecule has 2 nitrogen and oxygen atoms in total. The Balaban J connectivity index is 2.16. The highest BCUT2D eigenvalue weighted by Gasteiger charge is 2.09. The van der Waals surface area contributed by atoms with Crippen LogP contribution in [0.3, 0.4) is 0 Å². The van der Waals surface area contributed by atoms with E-state index in [1.54, 1.807) is 0 Å². The predicted molar refractivity (Wildman–Crippen MR) is 83.1 cm³/mol. The number of carbonyl (C=O) groups excluding carboxylic acids is 1. The zero-order valence-corrected chi connectivity index (χ0v) is 11.7. The minimum Gasteiger partial charge on any atom is -0.360 e. The Hall–Kier alpha value is -2.35. The number of para-hydroxylation sites is 1. The second-order valence-electron chi connectivity index (χ2n) is 5.06. The van der Waals surface area contributed by atoms with Gasteiger partial charge in [-0.25, -0.2) is 0 Å². The maximum absolute atomic E-state index is 11.8. The van der Waals surface area contributed by atoms with Gasteiger partial charge in [-0.1, -0.05) is 43.3 Å². The molecule has 100 valence electrons. The fourth-order valence-electron chi connectivity index (χ4n) is 2.61. The van der Waals surface area contributed by atoms with Gasteiger partial charge in [-0.2, -0.15) is 0 Å². The normalized spacial score (nSPS) is 10.9. The highest BCUT2D eigenvalue weighted by molar-refractivity contribution is 6.00. The van der Waals surface area contributed by atoms with Crippen molar-refractivity contribution in [2.24, 2.45) is 0 Å². The molecule has 0 saturated carbocycles. The van der Waals surface area contributed by atoms with E-state index in [9.17, 15) is 4.79 Å². The molecule has 0 amide bonds. The molecule has 2 aromatic carbocycles. The van der Waals surface area contributed by atoms with E-state index in [2.05, 4.69) is 36.2 Å². The smallest absolute Gasteiger partial charge is 0.162 e. The van der Waals surface area contributed by atoms with E-state index in [-0.39, 0.29) is 5.78 Å². The number of aromatic nitrogens is 1. The maximum Gasteiger partial charge on any atom is 0.162 e. The molecule has 0 radical (unpaired) electrons. The van der Waals surface area contributed by atoms with Gasteiger partial charge in [-0.05, 0) is 24.1 Å². The van der Waals surface area contributed by atoms with Crippen molar-refractivity contribution in [3.63, 3.8) is 0 Å². The molecule has 0 spiro atoms. The molecule has 1 heterocycles. The average Bonchev–Trinajstić information content (AvgIpc) is 2.92. The monoisotopic (exact) mass is 263 g/mol. The number of H-pyrrole nitrogens is 1. The number of aromatic amines is 1. The minimum absolute atomic E-state index is 0.183. The third-order valence-corrected chi connectivity index (χ3v) is 3.74. The number of nitrogens with one attached hydrogen (secondary N) is 1. The number of ketones is 1. The first-order valence-electron chi connectivity index (χ1n) is 6.91. The van der Waals surface area contributed by atoms with Gasteiger partial charge in [0.2, 0.25) is 0 Å². The number of hydrogen-bond acceptors (Lipinski definition) is 1. The van der Waals surface area contributed by atoms with Crippen LogP contribution in [0.4, 0.5) is 0 Å². The molecular weight excluding hydrogens is 246 g/mol. The molecule has 0 aliphatic rings. The van der Waals surface area contributed by atoms with Crippen molar-refractivity contribution in [1.82, 2.24) is 4.98 Å². The summed E-state index contributed by atoms with van der Waals surface area (Å²) in [5, 5.41) is 1.20. The quantitative estimate of drug-likeness (QED) is 0.680. The van der Waals surface area contributed by atoms with Crippen LogP contribution in [0.15, 0.2) is 48.7 Å². The summed E-state index contributed by atoms with van der Waals surface area (Å²) in [6.07, 6.45) is 2.56.